The summed E-state index contributed by atoms with van der Waals surface area (Å²) in [5, 5.41) is 4.11. The van der Waals surface area contributed by atoms with Crippen LogP contribution >= 0.6 is 11.3 Å². The van der Waals surface area contributed by atoms with Gasteiger partial charge < -0.3 is 14.8 Å². The van der Waals surface area contributed by atoms with Crippen LogP contribution in [0.5, 0.6) is 0 Å². The van der Waals surface area contributed by atoms with Crippen LogP contribution in [-0.4, -0.2) is 36.8 Å². The molecule has 100 valence electrons. The number of carbonyl (C=O) groups is 1. The van der Waals surface area contributed by atoms with Crippen LogP contribution in [-0.2, 0) is 9.47 Å². The molecule has 0 radical (unpaired) electrons. The highest BCUT2D eigenvalue weighted by atomic mass is 32.1. The molecule has 0 aromatic carbocycles. The first-order valence-corrected chi connectivity index (χ1v) is 6.89. The Morgan fingerprint density at radius 2 is 2.28 bits per heavy atom. The molecule has 0 spiro atoms. The van der Waals surface area contributed by atoms with Crippen molar-refractivity contribution in [3.8, 4) is 0 Å². The van der Waals surface area contributed by atoms with Crippen molar-refractivity contribution in [1.29, 1.82) is 0 Å². The zero-order chi connectivity index (χ0) is 13.1. The van der Waals surface area contributed by atoms with E-state index in [1.54, 1.807) is 0 Å². The second-order valence-electron chi connectivity index (χ2n) is 4.32. The quantitative estimate of drug-likeness (QED) is 0.831. The van der Waals surface area contributed by atoms with Gasteiger partial charge in [0, 0.05) is 12.6 Å². The molecule has 1 aliphatic carbocycles. The van der Waals surface area contributed by atoms with Crippen LogP contribution in [0.3, 0.4) is 0 Å². The standard InChI is InChI=1S/C12H18N2O3S/c1-4-17-9-5-8(6-9)14-12-13-7(2)10(18-12)11(15)16-3/h8-9H,4-6H2,1-3H3,(H,13,14). The van der Waals surface area contributed by atoms with Crippen LogP contribution in [0.15, 0.2) is 0 Å². The third kappa shape index (κ3) is 2.81. The normalized spacial score (nSPS) is 22.4. The third-order valence-corrected chi connectivity index (χ3v) is 4.06. The molecule has 1 aliphatic rings. The van der Waals surface area contributed by atoms with E-state index in [4.69, 9.17) is 9.47 Å². The van der Waals surface area contributed by atoms with E-state index in [2.05, 4.69) is 10.3 Å². The van der Waals surface area contributed by atoms with Crippen LogP contribution < -0.4 is 5.32 Å². The van der Waals surface area contributed by atoms with Gasteiger partial charge in [-0.3, -0.25) is 0 Å². The van der Waals surface area contributed by atoms with E-state index in [-0.39, 0.29) is 5.97 Å². The van der Waals surface area contributed by atoms with E-state index >= 15 is 0 Å². The zero-order valence-electron chi connectivity index (χ0n) is 10.9. The Balaban J connectivity index is 1.90. The number of ether oxygens (including phenoxy) is 2. The third-order valence-electron chi connectivity index (χ3n) is 2.99. The molecule has 1 aromatic rings. The van der Waals surface area contributed by atoms with E-state index in [1.807, 2.05) is 13.8 Å². The van der Waals surface area contributed by atoms with E-state index in [0.29, 0.717) is 17.0 Å². The Morgan fingerprint density at radius 3 is 2.89 bits per heavy atom. The molecule has 0 atom stereocenters. The molecule has 2 rings (SSSR count). The molecule has 1 heterocycles. The molecule has 1 fully saturated rings. The van der Waals surface area contributed by atoms with E-state index < -0.39 is 0 Å². The summed E-state index contributed by atoms with van der Waals surface area (Å²) in [5.41, 5.74) is 0.718. The summed E-state index contributed by atoms with van der Waals surface area (Å²) in [7, 11) is 1.38. The number of nitrogens with one attached hydrogen (secondary N) is 1. The lowest BCUT2D eigenvalue weighted by atomic mass is 9.89. The summed E-state index contributed by atoms with van der Waals surface area (Å²) < 4.78 is 10.2. The van der Waals surface area contributed by atoms with Crippen LogP contribution in [0.1, 0.15) is 35.1 Å². The summed E-state index contributed by atoms with van der Waals surface area (Å²) in [5.74, 6) is -0.321. The van der Waals surface area contributed by atoms with Crippen LogP contribution in [0.25, 0.3) is 0 Å². The minimum absolute atomic E-state index is 0.321. The Hall–Kier alpha value is -1.14. The van der Waals surface area contributed by atoms with Gasteiger partial charge >= 0.3 is 5.97 Å². The second kappa shape index (κ2) is 5.67. The molecule has 1 saturated carbocycles. The van der Waals surface area contributed by atoms with Crippen molar-refractivity contribution in [2.75, 3.05) is 19.0 Å². The summed E-state index contributed by atoms with van der Waals surface area (Å²) >= 11 is 1.35. The number of hydrogen-bond acceptors (Lipinski definition) is 6. The zero-order valence-corrected chi connectivity index (χ0v) is 11.7. The minimum Gasteiger partial charge on any atom is -0.465 e. The molecule has 0 aliphatic heterocycles. The van der Waals surface area contributed by atoms with E-state index in [9.17, 15) is 4.79 Å². The average molecular weight is 270 g/mol. The predicted octanol–water partition coefficient (Wildman–Crippen LogP) is 2.22. The maximum atomic E-state index is 11.5. The number of esters is 1. The Morgan fingerprint density at radius 1 is 1.56 bits per heavy atom. The topological polar surface area (TPSA) is 60.5 Å². The maximum Gasteiger partial charge on any atom is 0.350 e. The van der Waals surface area contributed by atoms with Crippen molar-refractivity contribution in [2.45, 2.75) is 38.8 Å². The number of methoxy groups -OCH3 is 1. The smallest absolute Gasteiger partial charge is 0.350 e. The highest BCUT2D eigenvalue weighted by molar-refractivity contribution is 7.17. The fraction of sp³-hybridized carbons (Fsp3) is 0.667. The molecule has 0 saturated heterocycles. The monoisotopic (exact) mass is 270 g/mol. The van der Waals surface area contributed by atoms with Gasteiger partial charge in [-0.15, -0.1) is 0 Å². The Labute approximate surface area is 111 Å². The second-order valence-corrected chi connectivity index (χ2v) is 5.31. The molecule has 5 nitrogen and oxygen atoms in total. The Kier molecular flexibility index (Phi) is 4.19. The van der Waals surface area contributed by atoms with Crippen molar-refractivity contribution >= 4 is 22.4 Å². The first-order chi connectivity index (χ1) is 8.63. The summed E-state index contributed by atoms with van der Waals surface area (Å²) in [6.45, 7) is 4.59. The van der Waals surface area contributed by atoms with Crippen LogP contribution in [0.2, 0.25) is 0 Å². The van der Waals surface area contributed by atoms with E-state index in [1.165, 1.54) is 18.4 Å². The first-order valence-electron chi connectivity index (χ1n) is 6.08. The summed E-state index contributed by atoms with van der Waals surface area (Å²) in [4.78, 5) is 16.4. The molecule has 18 heavy (non-hydrogen) atoms. The van der Waals surface area contributed by atoms with Crippen molar-refractivity contribution in [2.24, 2.45) is 0 Å². The van der Waals surface area contributed by atoms with Crippen molar-refractivity contribution in [1.82, 2.24) is 4.98 Å². The lowest BCUT2D eigenvalue weighted by Gasteiger charge is -2.35. The van der Waals surface area contributed by atoms with Gasteiger partial charge in [0.1, 0.15) is 4.88 Å². The number of aromatic nitrogens is 1. The highest BCUT2D eigenvalue weighted by Gasteiger charge is 2.30. The molecule has 1 aromatic heterocycles. The lowest BCUT2D eigenvalue weighted by molar-refractivity contribution is 0.00299. The van der Waals surface area contributed by atoms with Gasteiger partial charge in [-0.05, 0) is 26.7 Å². The van der Waals surface area contributed by atoms with E-state index in [0.717, 1.165) is 30.3 Å². The summed E-state index contributed by atoms with van der Waals surface area (Å²) in [6.07, 6.45) is 2.37. The predicted molar refractivity (Wildman–Crippen MR) is 70.2 cm³/mol. The molecule has 0 unspecified atom stereocenters. The van der Waals surface area contributed by atoms with Gasteiger partial charge in [0.25, 0.3) is 0 Å². The fourth-order valence-corrected chi connectivity index (χ4v) is 2.93. The van der Waals surface area contributed by atoms with Gasteiger partial charge in [0.15, 0.2) is 5.13 Å². The number of rotatable bonds is 5. The SMILES string of the molecule is CCOC1CC(Nc2nc(C)c(C(=O)OC)s2)C1. The number of carbonyl (C=O) groups excluding carboxylic acids is 1. The number of anilines is 1. The first kappa shape index (κ1) is 13.3. The van der Waals surface area contributed by atoms with Gasteiger partial charge in [-0.2, -0.15) is 0 Å². The summed E-state index contributed by atoms with van der Waals surface area (Å²) in [6, 6.07) is 0.401. The van der Waals surface area contributed by atoms with Gasteiger partial charge in [-0.1, -0.05) is 11.3 Å². The molecular formula is C12H18N2O3S. The maximum absolute atomic E-state index is 11.5. The number of aryl methyl sites for hydroxylation is 1. The molecule has 0 bridgehead atoms. The molecule has 0 amide bonds. The molecule has 6 heteroatoms. The molecular weight excluding hydrogens is 252 g/mol. The van der Waals surface area contributed by atoms with Crippen molar-refractivity contribution < 1.29 is 14.3 Å². The van der Waals surface area contributed by atoms with Crippen LogP contribution in [0, 0.1) is 6.92 Å². The average Bonchev–Trinajstić information content (AvgIpc) is 2.67. The van der Waals surface area contributed by atoms with Gasteiger partial charge in [-0.25, -0.2) is 9.78 Å². The van der Waals surface area contributed by atoms with Gasteiger partial charge in [0.2, 0.25) is 0 Å². The van der Waals surface area contributed by atoms with Crippen LogP contribution in [0.4, 0.5) is 5.13 Å². The minimum atomic E-state index is -0.321. The molecule has 1 N–H and O–H groups in total. The number of hydrogen-bond donors (Lipinski definition) is 1. The van der Waals surface area contributed by atoms with Crippen molar-refractivity contribution in [3.63, 3.8) is 0 Å². The highest BCUT2D eigenvalue weighted by Crippen LogP contribution is 2.30. The lowest BCUT2D eigenvalue weighted by Crippen LogP contribution is -2.40. The fourth-order valence-electron chi connectivity index (χ4n) is 1.97. The largest absolute Gasteiger partial charge is 0.465 e. The number of nitrogens with zero attached hydrogens (tertiary/aromatic N) is 1. The van der Waals surface area contributed by atoms with Crippen molar-refractivity contribution in [3.05, 3.63) is 10.6 Å². The Bertz CT molecular complexity index is 427. The van der Waals surface area contributed by atoms with Gasteiger partial charge in [0.05, 0.1) is 18.9 Å². The number of thiazole rings is 1.